The summed E-state index contributed by atoms with van der Waals surface area (Å²) in [4.78, 5) is 15.9. The van der Waals surface area contributed by atoms with Gasteiger partial charge in [0.2, 0.25) is 0 Å². The number of rotatable bonds is 6. The van der Waals surface area contributed by atoms with Crippen molar-refractivity contribution in [2.45, 2.75) is 13.1 Å². The first-order valence-corrected chi connectivity index (χ1v) is 23.3. The molecule has 0 radical (unpaired) electrons. The molecule has 0 saturated heterocycles. The SMILES string of the molecule is C[Si]1(C)c2ccccc2-c2c(-c3c4ccccc4c(-c4nc(-c5ccc(-c6ccccc6)cc5)nc(-c5ccc(-c6ccccc6)cc5)n4)c4ccccc34)cccc21. The van der Waals surface area contributed by atoms with Gasteiger partial charge < -0.3 is 0 Å². The maximum atomic E-state index is 5.36. The number of hydrogen-bond acceptors (Lipinski definition) is 3. The van der Waals surface area contributed by atoms with E-state index in [0.29, 0.717) is 17.5 Å². The Labute approximate surface area is 345 Å². The molecule has 59 heavy (non-hydrogen) atoms. The molecule has 0 spiro atoms. The topological polar surface area (TPSA) is 38.7 Å². The number of benzene rings is 9. The lowest BCUT2D eigenvalue weighted by Gasteiger charge is -2.21. The van der Waals surface area contributed by atoms with E-state index >= 15 is 0 Å². The molecule has 0 saturated carbocycles. The van der Waals surface area contributed by atoms with E-state index in [9.17, 15) is 0 Å². The van der Waals surface area contributed by atoms with Gasteiger partial charge >= 0.3 is 0 Å². The van der Waals surface area contributed by atoms with E-state index in [4.69, 9.17) is 15.0 Å². The van der Waals surface area contributed by atoms with Gasteiger partial charge in [0, 0.05) is 16.7 Å². The molecule has 0 unspecified atom stereocenters. The zero-order chi connectivity index (χ0) is 39.5. The summed E-state index contributed by atoms with van der Waals surface area (Å²) in [7, 11) is -1.89. The summed E-state index contributed by atoms with van der Waals surface area (Å²) in [6.07, 6.45) is 0. The van der Waals surface area contributed by atoms with Crippen molar-refractivity contribution < 1.29 is 0 Å². The average molecular weight is 770 g/mol. The molecule has 9 aromatic carbocycles. The zero-order valence-electron chi connectivity index (χ0n) is 32.9. The second-order valence-corrected chi connectivity index (χ2v) is 20.3. The molecule has 0 atom stereocenters. The van der Waals surface area contributed by atoms with Gasteiger partial charge in [0.1, 0.15) is 8.07 Å². The first-order chi connectivity index (χ1) is 29.0. The highest BCUT2D eigenvalue weighted by molar-refractivity contribution is 7.04. The molecule has 1 aliphatic rings. The number of fused-ring (bicyclic) bond motifs is 5. The lowest BCUT2D eigenvalue weighted by molar-refractivity contribution is 1.08. The molecule has 1 aliphatic heterocycles. The van der Waals surface area contributed by atoms with Crippen molar-refractivity contribution in [3.05, 3.63) is 200 Å². The van der Waals surface area contributed by atoms with Gasteiger partial charge in [-0.2, -0.15) is 0 Å². The van der Waals surface area contributed by atoms with Gasteiger partial charge in [-0.1, -0.05) is 213 Å². The third-order valence-corrected chi connectivity index (χ3v) is 15.7. The van der Waals surface area contributed by atoms with Crippen molar-refractivity contribution in [3.63, 3.8) is 0 Å². The van der Waals surface area contributed by atoms with Gasteiger partial charge in [-0.3, -0.25) is 0 Å². The van der Waals surface area contributed by atoms with E-state index in [2.05, 4.69) is 201 Å². The average Bonchev–Trinajstić information content (AvgIpc) is 3.54. The van der Waals surface area contributed by atoms with Crippen LogP contribution in [0.5, 0.6) is 0 Å². The second kappa shape index (κ2) is 14.0. The highest BCUT2D eigenvalue weighted by Crippen LogP contribution is 2.46. The molecule has 10 aromatic rings. The second-order valence-electron chi connectivity index (χ2n) is 15.9. The summed E-state index contributed by atoms with van der Waals surface area (Å²) < 4.78 is 0. The highest BCUT2D eigenvalue weighted by Gasteiger charge is 2.38. The molecule has 3 nitrogen and oxygen atoms in total. The van der Waals surface area contributed by atoms with E-state index < -0.39 is 8.07 Å². The summed E-state index contributed by atoms with van der Waals surface area (Å²) in [5.74, 6) is 1.93. The zero-order valence-corrected chi connectivity index (χ0v) is 33.9. The molecular weight excluding hydrogens is 731 g/mol. The number of hydrogen-bond donors (Lipinski definition) is 0. The lowest BCUT2D eigenvalue weighted by atomic mass is 9.85. The van der Waals surface area contributed by atoms with Crippen molar-refractivity contribution in [2.24, 2.45) is 0 Å². The van der Waals surface area contributed by atoms with E-state index in [1.807, 2.05) is 12.1 Å². The summed E-state index contributed by atoms with van der Waals surface area (Å²) in [5, 5.41) is 7.60. The van der Waals surface area contributed by atoms with Crippen LogP contribution in [-0.4, -0.2) is 23.0 Å². The molecule has 4 heteroatoms. The van der Waals surface area contributed by atoms with Gasteiger partial charge in [-0.25, -0.2) is 15.0 Å². The van der Waals surface area contributed by atoms with Crippen molar-refractivity contribution in [1.82, 2.24) is 15.0 Å². The van der Waals surface area contributed by atoms with Crippen LogP contribution in [0, 0.1) is 0 Å². The van der Waals surface area contributed by atoms with Gasteiger partial charge in [-0.05, 0) is 76.4 Å². The van der Waals surface area contributed by atoms with Crippen LogP contribution in [0.3, 0.4) is 0 Å². The third kappa shape index (κ3) is 5.83. The fraction of sp³-hybridized carbons (Fsp3) is 0.0364. The molecule has 11 rings (SSSR count). The molecule has 0 N–H and O–H groups in total. The Morgan fingerprint density at radius 1 is 0.271 bits per heavy atom. The summed E-state index contributed by atoms with van der Waals surface area (Å²) in [5.41, 5.74) is 12.8. The monoisotopic (exact) mass is 769 g/mol. The maximum absolute atomic E-state index is 5.36. The van der Waals surface area contributed by atoms with Crippen LogP contribution < -0.4 is 10.4 Å². The molecule has 0 aliphatic carbocycles. The van der Waals surface area contributed by atoms with Crippen LogP contribution in [0.4, 0.5) is 0 Å². The van der Waals surface area contributed by atoms with E-state index in [0.717, 1.165) is 38.6 Å². The van der Waals surface area contributed by atoms with E-state index in [1.54, 1.807) is 0 Å². The molecule has 0 bridgehead atoms. The largest absolute Gasteiger partial charge is 0.208 e. The minimum atomic E-state index is -1.89. The third-order valence-electron chi connectivity index (χ3n) is 12.2. The maximum Gasteiger partial charge on any atom is 0.165 e. The fourth-order valence-corrected chi connectivity index (χ4v) is 12.3. The van der Waals surface area contributed by atoms with Crippen molar-refractivity contribution in [1.29, 1.82) is 0 Å². The molecular formula is C55H39N3Si. The van der Waals surface area contributed by atoms with Crippen LogP contribution in [0.1, 0.15) is 0 Å². The Morgan fingerprint density at radius 2 is 0.644 bits per heavy atom. The van der Waals surface area contributed by atoms with Crippen LogP contribution >= 0.6 is 0 Å². The summed E-state index contributed by atoms with van der Waals surface area (Å²) in [6.45, 7) is 4.97. The smallest absolute Gasteiger partial charge is 0.165 e. The van der Waals surface area contributed by atoms with Crippen molar-refractivity contribution in [2.75, 3.05) is 0 Å². The van der Waals surface area contributed by atoms with Crippen LogP contribution in [-0.2, 0) is 0 Å². The Morgan fingerprint density at radius 3 is 1.17 bits per heavy atom. The Bertz CT molecular complexity index is 3050. The van der Waals surface area contributed by atoms with Crippen LogP contribution in [0.15, 0.2) is 200 Å². The van der Waals surface area contributed by atoms with Gasteiger partial charge in [0.05, 0.1) is 0 Å². The minimum Gasteiger partial charge on any atom is -0.208 e. The van der Waals surface area contributed by atoms with Crippen LogP contribution in [0.2, 0.25) is 13.1 Å². The predicted octanol–water partition coefficient (Wildman–Crippen LogP) is 13.0. The van der Waals surface area contributed by atoms with Crippen LogP contribution in [0.25, 0.3) is 100 Å². The minimum absolute atomic E-state index is 0.638. The first-order valence-electron chi connectivity index (χ1n) is 20.3. The van der Waals surface area contributed by atoms with Crippen molar-refractivity contribution in [3.8, 4) is 78.7 Å². The quantitative estimate of drug-likeness (QED) is 0.125. The van der Waals surface area contributed by atoms with E-state index in [-0.39, 0.29) is 0 Å². The van der Waals surface area contributed by atoms with Gasteiger partial charge in [0.25, 0.3) is 0 Å². The molecule has 1 aromatic heterocycles. The molecule has 278 valence electrons. The normalized spacial score (nSPS) is 12.7. The molecule has 2 heterocycles. The Hall–Kier alpha value is -7.27. The molecule has 0 amide bonds. The van der Waals surface area contributed by atoms with Gasteiger partial charge in [0.15, 0.2) is 17.5 Å². The fourth-order valence-electron chi connectivity index (χ4n) is 9.25. The predicted molar refractivity (Wildman–Crippen MR) is 250 cm³/mol. The summed E-state index contributed by atoms with van der Waals surface area (Å²) in [6, 6.07) is 71.7. The van der Waals surface area contributed by atoms with Gasteiger partial charge in [-0.15, -0.1) is 0 Å². The van der Waals surface area contributed by atoms with Crippen molar-refractivity contribution >= 4 is 40.0 Å². The highest BCUT2D eigenvalue weighted by atomic mass is 28.3. The Balaban J connectivity index is 1.15. The summed E-state index contributed by atoms with van der Waals surface area (Å²) >= 11 is 0. The van der Waals surface area contributed by atoms with E-state index in [1.165, 1.54) is 54.5 Å². The lowest BCUT2D eigenvalue weighted by Crippen LogP contribution is -2.49. The standard InChI is InChI=1S/C55H39N3Si/c1-59(2)48-26-14-13-24-46(48)51-47(25-15-27-49(51)59)50-42-20-9-11-22-44(42)52(45-23-12-10-21-43(45)50)55-57-53(40-32-28-38(29-33-40)36-16-5-3-6-17-36)56-54(58-55)41-34-30-39(31-35-41)37-18-7-4-8-19-37/h3-35H,1-2H3. The first kappa shape index (κ1) is 34.9. The number of nitrogens with zero attached hydrogens (tertiary/aromatic N) is 3. The molecule has 0 fully saturated rings. The number of aromatic nitrogens is 3. The Kier molecular flexibility index (Phi) is 8.28.